The van der Waals surface area contributed by atoms with Crippen molar-refractivity contribution < 1.29 is 0 Å². The van der Waals surface area contributed by atoms with E-state index in [1.807, 2.05) is 0 Å². The van der Waals surface area contributed by atoms with Crippen molar-refractivity contribution in [1.82, 2.24) is 10.2 Å². The van der Waals surface area contributed by atoms with Gasteiger partial charge in [0.05, 0.1) is 0 Å². The van der Waals surface area contributed by atoms with Crippen LogP contribution in [0.4, 0.5) is 0 Å². The van der Waals surface area contributed by atoms with Gasteiger partial charge in [-0.1, -0.05) is 33.6 Å². The predicted molar refractivity (Wildman–Crippen MR) is 78.8 cm³/mol. The van der Waals surface area contributed by atoms with Crippen LogP contribution in [0, 0.1) is 17.3 Å². The van der Waals surface area contributed by atoms with Crippen molar-refractivity contribution in [1.29, 1.82) is 0 Å². The minimum absolute atomic E-state index is 0.483. The summed E-state index contributed by atoms with van der Waals surface area (Å²) in [6.07, 6.45) is 7.19. The minimum atomic E-state index is 0.483. The van der Waals surface area contributed by atoms with Crippen molar-refractivity contribution in [3.8, 4) is 0 Å². The van der Waals surface area contributed by atoms with Crippen LogP contribution >= 0.6 is 0 Å². The molecule has 0 radical (unpaired) electrons. The summed E-state index contributed by atoms with van der Waals surface area (Å²) < 4.78 is 0. The summed E-state index contributed by atoms with van der Waals surface area (Å²) in [6, 6.07) is 0.728. The van der Waals surface area contributed by atoms with Gasteiger partial charge in [-0.25, -0.2) is 0 Å². The lowest BCUT2D eigenvalue weighted by molar-refractivity contribution is 0.206. The second-order valence-electron chi connectivity index (χ2n) is 7.55. The number of hydrogen-bond acceptors (Lipinski definition) is 2. The Labute approximate surface area is 114 Å². The van der Waals surface area contributed by atoms with Crippen LogP contribution in [0.25, 0.3) is 0 Å². The minimum Gasteiger partial charge on any atom is -0.315 e. The van der Waals surface area contributed by atoms with Crippen molar-refractivity contribution in [3.63, 3.8) is 0 Å². The van der Waals surface area contributed by atoms with Gasteiger partial charge in [-0.2, -0.15) is 0 Å². The Kier molecular flexibility index (Phi) is 4.71. The fraction of sp³-hybridized carbons (Fsp3) is 1.00. The van der Waals surface area contributed by atoms with E-state index in [4.69, 9.17) is 0 Å². The molecule has 18 heavy (non-hydrogen) atoms. The van der Waals surface area contributed by atoms with E-state index < -0.39 is 0 Å². The van der Waals surface area contributed by atoms with Crippen LogP contribution in [-0.2, 0) is 0 Å². The standard InChI is InChI=1S/C16H32N2/c1-16(2,3)14-9-10-18(11-14)12-15(17-4)13-7-5-6-8-13/h13-15,17H,5-12H2,1-4H3. The zero-order valence-corrected chi connectivity index (χ0v) is 12.8. The molecule has 0 bridgehead atoms. The molecule has 1 aliphatic carbocycles. The van der Waals surface area contributed by atoms with Crippen LogP contribution in [0.2, 0.25) is 0 Å². The summed E-state index contributed by atoms with van der Waals surface area (Å²) in [5.74, 6) is 1.82. The molecule has 0 amide bonds. The first-order valence-corrected chi connectivity index (χ1v) is 7.90. The van der Waals surface area contributed by atoms with E-state index >= 15 is 0 Å². The summed E-state index contributed by atoms with van der Waals surface area (Å²) in [6.45, 7) is 11.1. The van der Waals surface area contributed by atoms with Crippen LogP contribution in [0.3, 0.4) is 0 Å². The van der Waals surface area contributed by atoms with Gasteiger partial charge in [0.15, 0.2) is 0 Å². The van der Waals surface area contributed by atoms with Gasteiger partial charge in [0.1, 0.15) is 0 Å². The number of rotatable bonds is 4. The molecule has 106 valence electrons. The van der Waals surface area contributed by atoms with E-state index in [-0.39, 0.29) is 0 Å². The number of likely N-dealkylation sites (tertiary alicyclic amines) is 1. The molecule has 1 heterocycles. The molecule has 1 saturated heterocycles. The van der Waals surface area contributed by atoms with Gasteiger partial charge in [0.2, 0.25) is 0 Å². The molecule has 1 aliphatic heterocycles. The highest BCUT2D eigenvalue weighted by molar-refractivity contribution is 4.88. The third kappa shape index (κ3) is 3.48. The van der Waals surface area contributed by atoms with E-state index in [1.54, 1.807) is 0 Å². The molecule has 0 aromatic heterocycles. The second kappa shape index (κ2) is 5.92. The van der Waals surface area contributed by atoms with Gasteiger partial charge >= 0.3 is 0 Å². The van der Waals surface area contributed by atoms with Crippen molar-refractivity contribution in [2.45, 2.75) is 58.9 Å². The molecule has 1 saturated carbocycles. The molecule has 0 aromatic rings. The van der Waals surface area contributed by atoms with E-state index in [1.165, 1.54) is 51.7 Å². The van der Waals surface area contributed by atoms with E-state index in [2.05, 4.69) is 38.0 Å². The Bertz CT molecular complexity index is 250. The molecule has 2 nitrogen and oxygen atoms in total. The maximum absolute atomic E-state index is 3.58. The Morgan fingerprint density at radius 3 is 2.33 bits per heavy atom. The lowest BCUT2D eigenvalue weighted by Crippen LogP contribution is -2.43. The van der Waals surface area contributed by atoms with Crippen molar-refractivity contribution in [2.75, 3.05) is 26.7 Å². The van der Waals surface area contributed by atoms with Crippen molar-refractivity contribution in [2.24, 2.45) is 17.3 Å². The van der Waals surface area contributed by atoms with Gasteiger partial charge in [0, 0.05) is 19.1 Å². The first kappa shape index (κ1) is 14.3. The van der Waals surface area contributed by atoms with Gasteiger partial charge in [-0.3, -0.25) is 0 Å². The lowest BCUT2D eigenvalue weighted by Gasteiger charge is -2.30. The molecule has 2 rings (SSSR count). The molecular formula is C16H32N2. The molecule has 0 spiro atoms. The number of nitrogens with one attached hydrogen (secondary N) is 1. The SMILES string of the molecule is CNC(CN1CCC(C(C)(C)C)C1)C1CCCC1. The highest BCUT2D eigenvalue weighted by atomic mass is 15.2. The Hall–Kier alpha value is -0.0800. The van der Waals surface area contributed by atoms with Gasteiger partial charge in [-0.15, -0.1) is 0 Å². The predicted octanol–water partition coefficient (Wildman–Crippen LogP) is 3.13. The first-order valence-electron chi connectivity index (χ1n) is 7.90. The maximum atomic E-state index is 3.58. The average molecular weight is 252 g/mol. The largest absolute Gasteiger partial charge is 0.315 e. The molecular weight excluding hydrogens is 220 g/mol. The van der Waals surface area contributed by atoms with Gasteiger partial charge in [-0.05, 0) is 50.1 Å². The topological polar surface area (TPSA) is 15.3 Å². The zero-order chi connectivity index (χ0) is 13.2. The average Bonchev–Trinajstić information content (AvgIpc) is 2.95. The third-order valence-corrected chi connectivity index (χ3v) is 5.29. The summed E-state index contributed by atoms with van der Waals surface area (Å²) in [7, 11) is 2.15. The Morgan fingerprint density at radius 2 is 1.83 bits per heavy atom. The Morgan fingerprint density at radius 1 is 1.17 bits per heavy atom. The van der Waals surface area contributed by atoms with Crippen molar-refractivity contribution >= 4 is 0 Å². The summed E-state index contributed by atoms with van der Waals surface area (Å²) in [5.41, 5.74) is 0.483. The maximum Gasteiger partial charge on any atom is 0.0220 e. The first-order chi connectivity index (χ1) is 8.50. The fourth-order valence-electron chi connectivity index (χ4n) is 3.82. The molecule has 2 atom stereocenters. The molecule has 0 aromatic carbocycles. The van der Waals surface area contributed by atoms with E-state index in [9.17, 15) is 0 Å². The summed E-state index contributed by atoms with van der Waals surface area (Å²) in [4.78, 5) is 2.70. The van der Waals surface area contributed by atoms with Crippen LogP contribution in [0.1, 0.15) is 52.9 Å². The highest BCUT2D eigenvalue weighted by Crippen LogP contribution is 2.34. The summed E-state index contributed by atoms with van der Waals surface area (Å²) >= 11 is 0. The van der Waals surface area contributed by atoms with Crippen LogP contribution < -0.4 is 5.32 Å². The van der Waals surface area contributed by atoms with Crippen LogP contribution in [0.5, 0.6) is 0 Å². The second-order valence-corrected chi connectivity index (χ2v) is 7.55. The molecule has 2 heteroatoms. The number of likely N-dealkylation sites (N-methyl/N-ethyl adjacent to an activating group) is 1. The van der Waals surface area contributed by atoms with E-state index in [0.29, 0.717) is 5.41 Å². The molecule has 1 N–H and O–H groups in total. The Balaban J connectivity index is 1.82. The summed E-state index contributed by atoms with van der Waals surface area (Å²) in [5, 5.41) is 3.58. The zero-order valence-electron chi connectivity index (χ0n) is 12.8. The fourth-order valence-corrected chi connectivity index (χ4v) is 3.82. The van der Waals surface area contributed by atoms with Gasteiger partial charge in [0.25, 0.3) is 0 Å². The smallest absolute Gasteiger partial charge is 0.0220 e. The van der Waals surface area contributed by atoms with Crippen molar-refractivity contribution in [3.05, 3.63) is 0 Å². The van der Waals surface area contributed by atoms with Crippen LogP contribution in [0.15, 0.2) is 0 Å². The quantitative estimate of drug-likeness (QED) is 0.827. The third-order valence-electron chi connectivity index (χ3n) is 5.29. The molecule has 2 fully saturated rings. The highest BCUT2D eigenvalue weighted by Gasteiger charge is 2.33. The number of nitrogens with zero attached hydrogens (tertiary/aromatic N) is 1. The number of hydrogen-bond donors (Lipinski definition) is 1. The van der Waals surface area contributed by atoms with Gasteiger partial charge < -0.3 is 10.2 Å². The van der Waals surface area contributed by atoms with Crippen LogP contribution in [-0.4, -0.2) is 37.6 Å². The lowest BCUT2D eigenvalue weighted by atomic mass is 9.80. The van der Waals surface area contributed by atoms with E-state index in [0.717, 1.165) is 17.9 Å². The monoisotopic (exact) mass is 252 g/mol. The normalized spacial score (nSPS) is 29.0. The molecule has 2 unspecified atom stereocenters. The molecule has 2 aliphatic rings.